The molecule has 0 aliphatic heterocycles. The van der Waals surface area contributed by atoms with Gasteiger partial charge in [-0.15, -0.1) is 0 Å². The van der Waals surface area contributed by atoms with E-state index in [0.29, 0.717) is 17.0 Å². The molecule has 2 rings (SSSR count). The number of nitriles is 1. The lowest BCUT2D eigenvalue weighted by Crippen LogP contribution is -2.32. The standard InChI is InChI=1S/C20H19N3O5/c1-27-17-8-4-15(5-9-17)20(26)22-12-19(25)28-13-18(24)23-16-6-2-14(3-7-16)10-11-21/h2-9H,10,12-13H2,1H3,(H,22,26)(H,23,24). The Balaban J connectivity index is 1.71. The number of nitrogens with zero attached hydrogens (tertiary/aromatic N) is 1. The molecule has 2 N–H and O–H groups in total. The summed E-state index contributed by atoms with van der Waals surface area (Å²) >= 11 is 0. The molecule has 0 bridgehead atoms. The minimum Gasteiger partial charge on any atom is -0.497 e. The van der Waals surface area contributed by atoms with Crippen LogP contribution in [-0.4, -0.2) is 38.0 Å². The number of carbonyl (C=O) groups is 3. The smallest absolute Gasteiger partial charge is 0.325 e. The van der Waals surface area contributed by atoms with Gasteiger partial charge in [0.05, 0.1) is 19.6 Å². The molecule has 8 heteroatoms. The van der Waals surface area contributed by atoms with Crippen molar-refractivity contribution >= 4 is 23.5 Å². The van der Waals surface area contributed by atoms with Gasteiger partial charge in [0.1, 0.15) is 12.3 Å². The number of ether oxygens (including phenoxy) is 2. The van der Waals surface area contributed by atoms with E-state index in [1.165, 1.54) is 7.11 Å². The third-order valence-electron chi connectivity index (χ3n) is 3.63. The fraction of sp³-hybridized carbons (Fsp3) is 0.200. The molecule has 0 heterocycles. The van der Waals surface area contributed by atoms with Crippen LogP contribution < -0.4 is 15.4 Å². The van der Waals surface area contributed by atoms with Gasteiger partial charge in [0, 0.05) is 11.3 Å². The predicted molar refractivity (Wildman–Crippen MR) is 101 cm³/mol. The van der Waals surface area contributed by atoms with Crippen molar-refractivity contribution in [3.8, 4) is 11.8 Å². The largest absolute Gasteiger partial charge is 0.497 e. The van der Waals surface area contributed by atoms with Gasteiger partial charge in [0.25, 0.3) is 11.8 Å². The second kappa shape index (κ2) is 10.3. The summed E-state index contributed by atoms with van der Waals surface area (Å²) in [4.78, 5) is 35.4. The van der Waals surface area contributed by atoms with E-state index in [4.69, 9.17) is 14.7 Å². The van der Waals surface area contributed by atoms with Crippen molar-refractivity contribution in [1.82, 2.24) is 5.32 Å². The number of hydrogen-bond donors (Lipinski definition) is 2. The number of carbonyl (C=O) groups excluding carboxylic acids is 3. The van der Waals surface area contributed by atoms with Crippen LogP contribution in [0.5, 0.6) is 5.75 Å². The third-order valence-corrected chi connectivity index (χ3v) is 3.63. The number of benzene rings is 2. The van der Waals surface area contributed by atoms with Crippen LogP contribution in [-0.2, 0) is 20.7 Å². The Hall–Kier alpha value is -3.86. The summed E-state index contributed by atoms with van der Waals surface area (Å²) in [7, 11) is 1.52. The zero-order chi connectivity index (χ0) is 20.4. The summed E-state index contributed by atoms with van der Waals surface area (Å²) in [5, 5.41) is 13.6. The van der Waals surface area contributed by atoms with E-state index in [2.05, 4.69) is 10.6 Å². The van der Waals surface area contributed by atoms with E-state index in [1.807, 2.05) is 6.07 Å². The Morgan fingerprint density at radius 2 is 1.71 bits per heavy atom. The zero-order valence-electron chi connectivity index (χ0n) is 15.2. The van der Waals surface area contributed by atoms with Crippen molar-refractivity contribution in [3.63, 3.8) is 0 Å². The third kappa shape index (κ3) is 6.46. The summed E-state index contributed by atoms with van der Waals surface area (Å²) < 4.78 is 9.84. The van der Waals surface area contributed by atoms with E-state index in [9.17, 15) is 14.4 Å². The predicted octanol–water partition coefficient (Wildman–Crippen LogP) is 1.67. The molecule has 8 nitrogen and oxygen atoms in total. The van der Waals surface area contributed by atoms with Gasteiger partial charge < -0.3 is 20.1 Å². The number of esters is 1. The van der Waals surface area contributed by atoms with Gasteiger partial charge in [-0.25, -0.2) is 0 Å². The Kier molecular flexibility index (Phi) is 7.54. The van der Waals surface area contributed by atoms with Crippen molar-refractivity contribution in [2.75, 3.05) is 25.6 Å². The van der Waals surface area contributed by atoms with Crippen molar-refractivity contribution in [2.24, 2.45) is 0 Å². The van der Waals surface area contributed by atoms with Gasteiger partial charge in [-0.3, -0.25) is 14.4 Å². The molecule has 0 aliphatic carbocycles. The topological polar surface area (TPSA) is 118 Å². The number of rotatable bonds is 8. The molecule has 2 amide bonds. The number of nitrogens with one attached hydrogen (secondary N) is 2. The number of amides is 2. The van der Waals surface area contributed by atoms with Crippen LogP contribution >= 0.6 is 0 Å². The molecule has 0 unspecified atom stereocenters. The van der Waals surface area contributed by atoms with Crippen molar-refractivity contribution < 1.29 is 23.9 Å². The minimum atomic E-state index is -0.735. The fourth-order valence-corrected chi connectivity index (χ4v) is 2.19. The fourth-order valence-electron chi connectivity index (χ4n) is 2.19. The molecular formula is C20H19N3O5. The maximum Gasteiger partial charge on any atom is 0.325 e. The van der Waals surface area contributed by atoms with Gasteiger partial charge in [-0.05, 0) is 42.0 Å². The van der Waals surface area contributed by atoms with E-state index >= 15 is 0 Å². The van der Waals surface area contributed by atoms with Crippen LogP contribution in [0.1, 0.15) is 15.9 Å². The Bertz CT molecular complexity index is 870. The lowest BCUT2D eigenvalue weighted by Gasteiger charge is -2.08. The van der Waals surface area contributed by atoms with E-state index in [-0.39, 0.29) is 13.0 Å². The second-order valence-corrected chi connectivity index (χ2v) is 5.65. The van der Waals surface area contributed by atoms with Crippen molar-refractivity contribution in [1.29, 1.82) is 5.26 Å². The van der Waals surface area contributed by atoms with Crippen LogP contribution in [0.25, 0.3) is 0 Å². The molecule has 0 spiro atoms. The number of methoxy groups -OCH3 is 1. The summed E-state index contributed by atoms with van der Waals surface area (Å²) in [5.41, 5.74) is 1.72. The minimum absolute atomic E-state index is 0.286. The van der Waals surface area contributed by atoms with E-state index in [1.54, 1.807) is 48.5 Å². The van der Waals surface area contributed by atoms with E-state index < -0.39 is 24.4 Å². The highest BCUT2D eigenvalue weighted by Gasteiger charge is 2.11. The molecule has 28 heavy (non-hydrogen) atoms. The molecular weight excluding hydrogens is 362 g/mol. The highest BCUT2D eigenvalue weighted by molar-refractivity contribution is 5.96. The van der Waals surface area contributed by atoms with Gasteiger partial charge in [0.15, 0.2) is 6.61 Å². The van der Waals surface area contributed by atoms with Gasteiger partial charge in [0.2, 0.25) is 0 Å². The first-order chi connectivity index (χ1) is 13.5. The van der Waals surface area contributed by atoms with E-state index in [0.717, 1.165) is 5.56 Å². The van der Waals surface area contributed by atoms with Crippen molar-refractivity contribution in [3.05, 3.63) is 59.7 Å². The lowest BCUT2D eigenvalue weighted by atomic mass is 10.1. The Morgan fingerprint density at radius 1 is 1.04 bits per heavy atom. The summed E-state index contributed by atoms with van der Waals surface area (Å²) in [5.74, 6) is -1.08. The zero-order valence-corrected chi connectivity index (χ0v) is 15.2. The van der Waals surface area contributed by atoms with Crippen LogP contribution in [0.3, 0.4) is 0 Å². The molecule has 0 saturated heterocycles. The molecule has 0 aliphatic rings. The molecule has 144 valence electrons. The van der Waals surface area contributed by atoms with Gasteiger partial charge in [-0.2, -0.15) is 5.26 Å². The average Bonchev–Trinajstić information content (AvgIpc) is 2.72. The second-order valence-electron chi connectivity index (χ2n) is 5.65. The van der Waals surface area contributed by atoms with Gasteiger partial charge >= 0.3 is 5.97 Å². The maximum atomic E-state index is 11.9. The first-order valence-corrected chi connectivity index (χ1v) is 8.35. The number of hydrogen-bond acceptors (Lipinski definition) is 6. The van der Waals surface area contributed by atoms with Crippen molar-refractivity contribution in [2.45, 2.75) is 6.42 Å². The van der Waals surface area contributed by atoms with Crippen LogP contribution in [0, 0.1) is 11.3 Å². The van der Waals surface area contributed by atoms with Gasteiger partial charge in [-0.1, -0.05) is 12.1 Å². The maximum absolute atomic E-state index is 11.9. The molecule has 0 atom stereocenters. The summed E-state index contributed by atoms with van der Waals surface area (Å²) in [6, 6.07) is 15.2. The monoisotopic (exact) mass is 381 g/mol. The molecule has 0 radical (unpaired) electrons. The quantitative estimate of drug-likeness (QED) is 0.672. The molecule has 0 fully saturated rings. The summed E-state index contributed by atoms with van der Waals surface area (Å²) in [6.07, 6.45) is 0.286. The Morgan fingerprint density at radius 3 is 2.32 bits per heavy atom. The molecule has 0 aromatic heterocycles. The summed E-state index contributed by atoms with van der Waals surface area (Å²) in [6.45, 7) is -0.835. The number of anilines is 1. The van der Waals surface area contributed by atoms with Crippen LogP contribution in [0.2, 0.25) is 0 Å². The van der Waals surface area contributed by atoms with Crippen LogP contribution in [0.4, 0.5) is 5.69 Å². The first-order valence-electron chi connectivity index (χ1n) is 8.35. The SMILES string of the molecule is COc1ccc(C(=O)NCC(=O)OCC(=O)Nc2ccc(CC#N)cc2)cc1. The molecule has 0 saturated carbocycles. The molecule has 2 aromatic rings. The first kappa shape index (κ1) is 20.5. The Labute approximate surface area is 162 Å². The lowest BCUT2D eigenvalue weighted by molar-refractivity contribution is -0.146. The highest BCUT2D eigenvalue weighted by Crippen LogP contribution is 2.11. The van der Waals surface area contributed by atoms with Crippen LogP contribution in [0.15, 0.2) is 48.5 Å². The molecule has 2 aromatic carbocycles. The normalized spacial score (nSPS) is 9.71. The average molecular weight is 381 g/mol. The highest BCUT2D eigenvalue weighted by atomic mass is 16.5.